The molecule has 0 aliphatic carbocycles. The van der Waals surface area contributed by atoms with Crippen LogP contribution in [0.4, 0.5) is 5.82 Å². The van der Waals surface area contributed by atoms with E-state index >= 15 is 0 Å². The van der Waals surface area contributed by atoms with Crippen LogP contribution in [0.3, 0.4) is 0 Å². The Balaban J connectivity index is 0.00000176. The summed E-state index contributed by atoms with van der Waals surface area (Å²) < 4.78 is 0. The molecule has 108 valence electrons. The smallest absolute Gasteiger partial charge is 0.550 e. The molecule has 3 rings (SSSR count). The normalized spacial score (nSPS) is 15.2. The summed E-state index contributed by atoms with van der Waals surface area (Å²) in [5.41, 5.74) is 0.865. The first-order chi connectivity index (χ1) is 10.2. The standard InChI is InChI=1S/C15H16N4O2.Li/c20-15(21)11-4-8-19(9-5-11)13-3-2-12(10-18-13)14-16-6-1-7-17-14;/h1-3,6-7,10-11H,4-5,8-9H2,(H,20,21);/q;+1/p-1. The molecule has 1 aliphatic rings. The van der Waals surface area contributed by atoms with Gasteiger partial charge >= 0.3 is 18.9 Å². The minimum atomic E-state index is -0.945. The van der Waals surface area contributed by atoms with Crippen LogP contribution in [0.1, 0.15) is 12.8 Å². The number of pyridine rings is 1. The fraction of sp³-hybridized carbons (Fsp3) is 0.333. The molecule has 1 fully saturated rings. The first-order valence-electron chi connectivity index (χ1n) is 6.93. The van der Waals surface area contributed by atoms with Crippen molar-refractivity contribution in [2.45, 2.75) is 12.8 Å². The quantitative estimate of drug-likeness (QED) is 0.582. The molecule has 0 bridgehead atoms. The number of hydrogen-bond donors (Lipinski definition) is 0. The number of hydrogen-bond acceptors (Lipinski definition) is 6. The zero-order chi connectivity index (χ0) is 14.7. The summed E-state index contributed by atoms with van der Waals surface area (Å²) in [4.78, 5) is 25.7. The first-order valence-corrected chi connectivity index (χ1v) is 6.93. The van der Waals surface area contributed by atoms with E-state index < -0.39 is 5.97 Å². The average molecular weight is 290 g/mol. The van der Waals surface area contributed by atoms with Gasteiger partial charge in [-0.3, -0.25) is 0 Å². The second-order valence-electron chi connectivity index (χ2n) is 5.06. The fourth-order valence-corrected chi connectivity index (χ4v) is 2.50. The van der Waals surface area contributed by atoms with E-state index in [9.17, 15) is 9.90 Å². The van der Waals surface area contributed by atoms with E-state index in [4.69, 9.17) is 0 Å². The van der Waals surface area contributed by atoms with E-state index in [1.54, 1.807) is 24.7 Å². The molecule has 0 unspecified atom stereocenters. The van der Waals surface area contributed by atoms with Crippen LogP contribution >= 0.6 is 0 Å². The van der Waals surface area contributed by atoms with Gasteiger partial charge in [-0.05, 0) is 31.0 Å². The molecule has 0 amide bonds. The van der Waals surface area contributed by atoms with Crippen LogP contribution in [0, 0.1) is 5.92 Å². The molecule has 0 atom stereocenters. The van der Waals surface area contributed by atoms with Crippen molar-refractivity contribution in [2.75, 3.05) is 18.0 Å². The van der Waals surface area contributed by atoms with Gasteiger partial charge in [-0.2, -0.15) is 0 Å². The first kappa shape index (κ1) is 16.5. The molecule has 0 aromatic carbocycles. The number of rotatable bonds is 3. The Labute approximate surface area is 140 Å². The number of carbonyl (C=O) groups is 1. The number of carbonyl (C=O) groups excluding carboxylic acids is 1. The molecular weight excluding hydrogens is 275 g/mol. The number of aromatic nitrogens is 3. The summed E-state index contributed by atoms with van der Waals surface area (Å²) in [6, 6.07) is 5.63. The van der Waals surface area contributed by atoms with Crippen molar-refractivity contribution < 1.29 is 28.8 Å². The summed E-state index contributed by atoms with van der Waals surface area (Å²) in [7, 11) is 0. The maximum absolute atomic E-state index is 10.8. The number of anilines is 1. The van der Waals surface area contributed by atoms with Crippen molar-refractivity contribution in [3.05, 3.63) is 36.8 Å². The van der Waals surface area contributed by atoms with E-state index in [2.05, 4.69) is 19.9 Å². The maximum atomic E-state index is 10.8. The minimum absolute atomic E-state index is 0. The summed E-state index contributed by atoms with van der Waals surface area (Å²) in [5, 5.41) is 10.8. The van der Waals surface area contributed by atoms with Gasteiger partial charge in [0.25, 0.3) is 0 Å². The number of carboxylic acid groups (broad SMARTS) is 1. The summed E-state index contributed by atoms with van der Waals surface area (Å²) in [6.07, 6.45) is 6.35. The van der Waals surface area contributed by atoms with E-state index in [0.29, 0.717) is 31.8 Å². The molecule has 1 saturated heterocycles. The third-order valence-corrected chi connectivity index (χ3v) is 3.72. The van der Waals surface area contributed by atoms with Gasteiger partial charge in [-0.1, -0.05) is 0 Å². The van der Waals surface area contributed by atoms with Crippen LogP contribution in [0.5, 0.6) is 0 Å². The largest absolute Gasteiger partial charge is 1.00 e. The minimum Gasteiger partial charge on any atom is -0.550 e. The molecule has 6 nitrogen and oxygen atoms in total. The van der Waals surface area contributed by atoms with Crippen molar-refractivity contribution in [1.29, 1.82) is 0 Å². The van der Waals surface area contributed by atoms with Crippen LogP contribution in [-0.2, 0) is 4.79 Å². The van der Waals surface area contributed by atoms with Crippen molar-refractivity contribution >= 4 is 11.8 Å². The zero-order valence-corrected chi connectivity index (χ0v) is 12.5. The molecule has 1 aliphatic heterocycles. The van der Waals surface area contributed by atoms with Crippen LogP contribution in [-0.4, -0.2) is 34.0 Å². The monoisotopic (exact) mass is 290 g/mol. The van der Waals surface area contributed by atoms with Crippen LogP contribution < -0.4 is 28.9 Å². The molecular formula is C15H15LiN4O2. The van der Waals surface area contributed by atoms with E-state index in [0.717, 1.165) is 11.4 Å². The number of aliphatic carboxylic acids is 1. The van der Waals surface area contributed by atoms with Gasteiger partial charge in [0.2, 0.25) is 0 Å². The summed E-state index contributed by atoms with van der Waals surface area (Å²) in [5.74, 6) is 0.219. The van der Waals surface area contributed by atoms with E-state index in [1.165, 1.54) is 0 Å². The number of nitrogens with zero attached hydrogens (tertiary/aromatic N) is 4. The number of piperidine rings is 1. The molecule has 2 aromatic rings. The van der Waals surface area contributed by atoms with Gasteiger partial charge in [0.05, 0.1) is 0 Å². The third-order valence-electron chi connectivity index (χ3n) is 3.72. The van der Waals surface area contributed by atoms with Crippen LogP contribution in [0.15, 0.2) is 36.8 Å². The Morgan fingerprint density at radius 1 is 1.14 bits per heavy atom. The van der Waals surface area contributed by atoms with Gasteiger partial charge in [-0.25, -0.2) is 15.0 Å². The molecule has 22 heavy (non-hydrogen) atoms. The third kappa shape index (κ3) is 3.64. The Kier molecular flexibility index (Phi) is 5.53. The second-order valence-corrected chi connectivity index (χ2v) is 5.06. The average Bonchev–Trinajstić information content (AvgIpc) is 2.56. The van der Waals surface area contributed by atoms with Gasteiger partial charge in [0.15, 0.2) is 5.82 Å². The number of carboxylic acids is 1. The van der Waals surface area contributed by atoms with E-state index in [1.807, 2.05) is 12.1 Å². The molecule has 0 radical (unpaired) electrons. The van der Waals surface area contributed by atoms with Gasteiger partial charge in [0, 0.05) is 49.1 Å². The topological polar surface area (TPSA) is 82.0 Å². The maximum Gasteiger partial charge on any atom is 1.00 e. The van der Waals surface area contributed by atoms with Crippen molar-refractivity contribution in [1.82, 2.24) is 15.0 Å². The second kappa shape index (κ2) is 7.39. The predicted molar refractivity (Wildman–Crippen MR) is 75.2 cm³/mol. The molecule has 7 heteroatoms. The Morgan fingerprint density at radius 2 is 1.82 bits per heavy atom. The summed E-state index contributed by atoms with van der Waals surface area (Å²) in [6.45, 7) is 1.37. The molecule has 0 N–H and O–H groups in total. The van der Waals surface area contributed by atoms with Crippen molar-refractivity contribution in [2.24, 2.45) is 5.92 Å². The van der Waals surface area contributed by atoms with Crippen molar-refractivity contribution in [3.63, 3.8) is 0 Å². The molecule has 3 heterocycles. The molecule has 0 spiro atoms. The molecule has 2 aromatic heterocycles. The predicted octanol–water partition coefficient (Wildman–Crippen LogP) is -2.49. The van der Waals surface area contributed by atoms with Gasteiger partial charge < -0.3 is 14.8 Å². The Hall–Kier alpha value is -1.90. The van der Waals surface area contributed by atoms with Gasteiger partial charge in [0.1, 0.15) is 5.82 Å². The molecule has 0 saturated carbocycles. The van der Waals surface area contributed by atoms with Crippen molar-refractivity contribution in [3.8, 4) is 11.4 Å². The SMILES string of the molecule is O=C([O-])C1CCN(c2ccc(-c3ncccn3)cn2)CC1.[Li+]. The van der Waals surface area contributed by atoms with Crippen LogP contribution in [0.25, 0.3) is 11.4 Å². The zero-order valence-electron chi connectivity index (χ0n) is 12.5. The Bertz CT molecular complexity index is 613. The van der Waals surface area contributed by atoms with Crippen LogP contribution in [0.2, 0.25) is 0 Å². The van der Waals surface area contributed by atoms with E-state index in [-0.39, 0.29) is 24.8 Å². The fourth-order valence-electron chi connectivity index (χ4n) is 2.50. The Morgan fingerprint density at radius 3 is 2.36 bits per heavy atom. The van der Waals surface area contributed by atoms with Gasteiger partial charge in [-0.15, -0.1) is 0 Å². The summed E-state index contributed by atoms with van der Waals surface area (Å²) >= 11 is 0.